The van der Waals surface area contributed by atoms with E-state index >= 15 is 0 Å². The molecule has 0 aliphatic carbocycles. The first-order chi connectivity index (χ1) is 3.48. The van der Waals surface area contributed by atoms with Crippen molar-refractivity contribution in [3.8, 4) is 6.07 Å². The molecule has 0 aliphatic heterocycles. The molecule has 0 aromatic heterocycles. The fourth-order valence-electron chi connectivity index (χ4n) is 0.0732. The van der Waals surface area contributed by atoms with E-state index in [0.717, 1.165) is 0 Å². The molecule has 46 valence electrons. The van der Waals surface area contributed by atoms with E-state index < -0.39 is 10.5 Å². The molecule has 0 amide bonds. The minimum atomic E-state index is -3.15. The van der Waals surface area contributed by atoms with Crippen LogP contribution in [0.5, 0.6) is 0 Å². The summed E-state index contributed by atoms with van der Waals surface area (Å²) in [7, 11) is 13.3. The van der Waals surface area contributed by atoms with Crippen LogP contribution in [0, 0.1) is 11.3 Å². The molecule has 0 heterocycles. The van der Waals surface area contributed by atoms with Crippen LogP contribution in [0.4, 0.5) is 0 Å². The van der Waals surface area contributed by atoms with Crippen molar-refractivity contribution in [1.29, 1.82) is 5.26 Å². The average molecular weight is 233 g/mol. The normalized spacial score (nSPS) is 14.9. The quantitative estimate of drug-likeness (QED) is 0.638. The van der Waals surface area contributed by atoms with Gasteiger partial charge in [-0.1, -0.05) is 0 Å². The Balaban J connectivity index is 3.87. The molecular formula is C3H4Cl3GeN. The van der Waals surface area contributed by atoms with Crippen LogP contribution in [0.1, 0.15) is 6.92 Å². The molecule has 0 N–H and O–H groups in total. The van der Waals surface area contributed by atoms with Gasteiger partial charge in [-0.15, -0.1) is 0 Å². The van der Waals surface area contributed by atoms with Crippen LogP contribution in [-0.2, 0) is 0 Å². The van der Waals surface area contributed by atoms with Crippen molar-refractivity contribution >= 4 is 40.5 Å². The third-order valence-electron chi connectivity index (χ3n) is 0.685. The summed E-state index contributed by atoms with van der Waals surface area (Å²) in [6, 6.07) is 1.89. The van der Waals surface area contributed by atoms with Crippen LogP contribution in [-0.4, -0.2) is 10.5 Å². The second-order valence-corrected chi connectivity index (χ2v) is 17.8. The zero-order valence-electron chi connectivity index (χ0n) is 4.16. The van der Waals surface area contributed by atoms with Gasteiger partial charge in [-0.25, -0.2) is 0 Å². The summed E-state index contributed by atoms with van der Waals surface area (Å²) < 4.78 is -0.361. The Labute approximate surface area is 63.4 Å². The van der Waals surface area contributed by atoms with E-state index in [4.69, 9.17) is 35.3 Å². The van der Waals surface area contributed by atoms with Crippen molar-refractivity contribution in [2.75, 3.05) is 0 Å². The SMILES string of the molecule is C[CH](C#N)[Ge]([Cl])([Cl])[Cl]. The van der Waals surface area contributed by atoms with E-state index in [1.54, 1.807) is 6.92 Å². The van der Waals surface area contributed by atoms with Gasteiger partial charge in [0.05, 0.1) is 0 Å². The number of rotatable bonds is 1. The monoisotopic (exact) mass is 233 g/mol. The molecule has 0 spiro atoms. The van der Waals surface area contributed by atoms with E-state index in [1.165, 1.54) is 0 Å². The summed E-state index contributed by atoms with van der Waals surface area (Å²) >= 11 is 0. The third kappa shape index (κ3) is 3.03. The summed E-state index contributed by atoms with van der Waals surface area (Å²) in [4.78, 5) is 0. The molecule has 0 radical (unpaired) electrons. The fourth-order valence-corrected chi connectivity index (χ4v) is 1.14. The Morgan fingerprint density at radius 3 is 1.88 bits per heavy atom. The van der Waals surface area contributed by atoms with Crippen LogP contribution in [0.15, 0.2) is 0 Å². The molecule has 0 fully saturated rings. The number of hydrogen-bond donors (Lipinski definition) is 0. The molecule has 0 aliphatic rings. The first-order valence-corrected chi connectivity index (χ1v) is 11.4. The Morgan fingerprint density at radius 2 is 1.88 bits per heavy atom. The molecule has 8 heavy (non-hydrogen) atoms. The molecule has 0 bridgehead atoms. The van der Waals surface area contributed by atoms with Gasteiger partial charge in [-0.05, 0) is 0 Å². The van der Waals surface area contributed by atoms with Crippen LogP contribution in [0.25, 0.3) is 0 Å². The zero-order chi connectivity index (χ0) is 6.78. The van der Waals surface area contributed by atoms with Crippen LogP contribution in [0.3, 0.4) is 0 Å². The molecule has 0 rings (SSSR count). The van der Waals surface area contributed by atoms with E-state index in [2.05, 4.69) is 0 Å². The molecule has 0 saturated heterocycles. The second kappa shape index (κ2) is 3.17. The van der Waals surface area contributed by atoms with Gasteiger partial charge in [0.1, 0.15) is 0 Å². The van der Waals surface area contributed by atoms with Gasteiger partial charge in [0.15, 0.2) is 0 Å². The van der Waals surface area contributed by atoms with Gasteiger partial charge in [0.2, 0.25) is 0 Å². The number of halogens is 3. The van der Waals surface area contributed by atoms with Gasteiger partial charge in [0, 0.05) is 0 Å². The summed E-state index contributed by atoms with van der Waals surface area (Å²) in [6.07, 6.45) is 0. The molecule has 1 unspecified atom stereocenters. The van der Waals surface area contributed by atoms with Crippen LogP contribution >= 0.6 is 30.0 Å². The summed E-state index contributed by atoms with van der Waals surface area (Å²) in [5, 5.41) is 8.21. The number of nitriles is 1. The van der Waals surface area contributed by atoms with Crippen molar-refractivity contribution in [3.05, 3.63) is 0 Å². The Kier molecular flexibility index (Phi) is 3.53. The van der Waals surface area contributed by atoms with Crippen molar-refractivity contribution in [1.82, 2.24) is 0 Å². The molecular weight excluding hydrogens is 229 g/mol. The van der Waals surface area contributed by atoms with E-state index in [-0.39, 0.29) is 4.75 Å². The maximum atomic E-state index is 8.21. The molecule has 5 heteroatoms. The molecule has 1 nitrogen and oxygen atoms in total. The molecule has 0 aromatic carbocycles. The van der Waals surface area contributed by atoms with E-state index in [1.807, 2.05) is 6.07 Å². The van der Waals surface area contributed by atoms with Gasteiger partial charge >= 0.3 is 63.5 Å². The van der Waals surface area contributed by atoms with Crippen molar-refractivity contribution in [2.24, 2.45) is 0 Å². The summed E-state index contributed by atoms with van der Waals surface area (Å²) in [5.41, 5.74) is 0. The fraction of sp³-hybridized carbons (Fsp3) is 0.667. The maximum absolute atomic E-state index is 8.21. The van der Waals surface area contributed by atoms with Crippen LogP contribution in [0.2, 0.25) is 4.75 Å². The summed E-state index contributed by atoms with van der Waals surface area (Å²) in [6.45, 7) is 1.63. The predicted octanol–water partition coefficient (Wildman–Crippen LogP) is 2.56. The number of hydrogen-bond acceptors (Lipinski definition) is 1. The zero-order valence-corrected chi connectivity index (χ0v) is 8.52. The second-order valence-electron chi connectivity index (χ2n) is 1.39. The van der Waals surface area contributed by atoms with Crippen molar-refractivity contribution < 1.29 is 0 Å². The molecule has 1 atom stereocenters. The van der Waals surface area contributed by atoms with Crippen molar-refractivity contribution in [2.45, 2.75) is 11.7 Å². The predicted molar refractivity (Wildman–Crippen MR) is 38.4 cm³/mol. The average Bonchev–Trinajstić information content (AvgIpc) is 1.62. The summed E-state index contributed by atoms with van der Waals surface area (Å²) in [5.74, 6) is 0. The van der Waals surface area contributed by atoms with E-state index in [0.29, 0.717) is 0 Å². The van der Waals surface area contributed by atoms with Gasteiger partial charge in [-0.3, -0.25) is 0 Å². The van der Waals surface area contributed by atoms with Gasteiger partial charge in [-0.2, -0.15) is 0 Å². The first kappa shape index (κ1) is 8.90. The van der Waals surface area contributed by atoms with Crippen LogP contribution < -0.4 is 0 Å². The Hall–Kier alpha value is 0.903. The van der Waals surface area contributed by atoms with Crippen molar-refractivity contribution in [3.63, 3.8) is 0 Å². The topological polar surface area (TPSA) is 23.8 Å². The minimum absolute atomic E-state index is 0.361. The first-order valence-electron chi connectivity index (χ1n) is 1.95. The Morgan fingerprint density at radius 1 is 1.50 bits per heavy atom. The standard InChI is InChI=1S/C3H4Cl3GeN/c1-3(2-8)7(4,5)6/h3H,1H3. The van der Waals surface area contributed by atoms with Gasteiger partial charge in [0.25, 0.3) is 0 Å². The Bertz CT molecular complexity index is 113. The number of nitrogens with zero attached hydrogens (tertiary/aromatic N) is 1. The molecule has 0 saturated carbocycles. The third-order valence-corrected chi connectivity index (χ3v) is 8.12. The van der Waals surface area contributed by atoms with Gasteiger partial charge < -0.3 is 0 Å². The van der Waals surface area contributed by atoms with E-state index in [9.17, 15) is 0 Å². The molecule has 0 aromatic rings.